The van der Waals surface area contributed by atoms with Gasteiger partial charge in [-0.2, -0.15) is 0 Å². The predicted molar refractivity (Wildman–Crippen MR) is 88.1 cm³/mol. The highest BCUT2D eigenvalue weighted by atomic mass is 16.5. The third kappa shape index (κ3) is 2.75. The first-order valence-corrected chi connectivity index (χ1v) is 8.53. The minimum absolute atomic E-state index is 0.118. The second-order valence-corrected chi connectivity index (χ2v) is 6.85. The van der Waals surface area contributed by atoms with Crippen molar-refractivity contribution in [3.8, 4) is 11.3 Å². The summed E-state index contributed by atoms with van der Waals surface area (Å²) in [5.41, 5.74) is 1.71. The van der Waals surface area contributed by atoms with E-state index in [1.54, 1.807) is 19.5 Å². The molecular weight excluding hydrogens is 306 g/mol. The average Bonchev–Trinajstić information content (AvgIpc) is 3.22. The third-order valence-corrected chi connectivity index (χ3v) is 5.57. The fourth-order valence-corrected chi connectivity index (χ4v) is 4.21. The zero-order valence-corrected chi connectivity index (χ0v) is 13.9. The van der Waals surface area contributed by atoms with Gasteiger partial charge in [0.25, 0.3) is 0 Å². The molecule has 1 N–H and O–H groups in total. The maximum absolute atomic E-state index is 10.1. The van der Waals surface area contributed by atoms with Gasteiger partial charge in [0, 0.05) is 43.7 Å². The molecule has 6 heteroatoms. The molecule has 2 fully saturated rings. The molecule has 4 rings (SSSR count). The van der Waals surface area contributed by atoms with E-state index in [2.05, 4.69) is 15.0 Å². The number of aromatic nitrogens is 2. The Kier molecular flexibility index (Phi) is 4.12. The highest BCUT2D eigenvalue weighted by Crippen LogP contribution is 2.43. The van der Waals surface area contributed by atoms with Crippen molar-refractivity contribution in [3.05, 3.63) is 36.4 Å². The lowest BCUT2D eigenvalue weighted by molar-refractivity contribution is -0.0886. The molecule has 0 unspecified atom stereocenters. The maximum atomic E-state index is 10.1. The Morgan fingerprint density at radius 1 is 1.38 bits per heavy atom. The predicted octanol–water partition coefficient (Wildman–Crippen LogP) is 2.24. The summed E-state index contributed by atoms with van der Waals surface area (Å²) in [4.78, 5) is 6.39. The zero-order chi connectivity index (χ0) is 16.6. The van der Waals surface area contributed by atoms with Gasteiger partial charge in [-0.25, -0.2) is 0 Å². The van der Waals surface area contributed by atoms with E-state index in [0.717, 1.165) is 49.2 Å². The topological polar surface area (TPSA) is 71.6 Å². The van der Waals surface area contributed by atoms with Crippen LogP contribution in [0.2, 0.25) is 0 Å². The number of hydrogen-bond acceptors (Lipinski definition) is 6. The van der Waals surface area contributed by atoms with E-state index in [4.69, 9.17) is 9.26 Å². The Hall–Kier alpha value is -1.76. The van der Waals surface area contributed by atoms with Gasteiger partial charge in [-0.1, -0.05) is 5.16 Å². The number of methoxy groups -OCH3 is 1. The smallest absolute Gasteiger partial charge is 0.151 e. The molecule has 0 spiro atoms. The van der Waals surface area contributed by atoms with Crippen molar-refractivity contribution in [3.63, 3.8) is 0 Å². The van der Waals surface area contributed by atoms with E-state index < -0.39 is 0 Å². The fourth-order valence-electron chi connectivity index (χ4n) is 4.21. The van der Waals surface area contributed by atoms with Crippen LogP contribution >= 0.6 is 0 Å². The molecular formula is C18H23N3O3. The SMILES string of the molecule is CO[C@]12CC[C@@H](O)C[C@H]1N(Cc1cc(-c3ccncc3)no1)CC2. The lowest BCUT2D eigenvalue weighted by atomic mass is 9.79. The average molecular weight is 329 g/mol. The molecule has 0 amide bonds. The van der Waals surface area contributed by atoms with Crippen LogP contribution in [0, 0.1) is 0 Å². The van der Waals surface area contributed by atoms with Gasteiger partial charge < -0.3 is 14.4 Å². The van der Waals surface area contributed by atoms with Gasteiger partial charge in [-0.3, -0.25) is 9.88 Å². The monoisotopic (exact) mass is 329 g/mol. The Morgan fingerprint density at radius 3 is 3.00 bits per heavy atom. The number of rotatable bonds is 4. The Morgan fingerprint density at radius 2 is 2.21 bits per heavy atom. The van der Waals surface area contributed by atoms with Gasteiger partial charge in [0.05, 0.1) is 18.2 Å². The molecule has 1 aliphatic carbocycles. The molecule has 24 heavy (non-hydrogen) atoms. The minimum atomic E-state index is -0.235. The number of fused-ring (bicyclic) bond motifs is 1. The first-order valence-electron chi connectivity index (χ1n) is 8.53. The largest absolute Gasteiger partial charge is 0.393 e. The van der Waals surface area contributed by atoms with Gasteiger partial charge >= 0.3 is 0 Å². The van der Waals surface area contributed by atoms with E-state index in [-0.39, 0.29) is 17.7 Å². The quantitative estimate of drug-likeness (QED) is 0.927. The van der Waals surface area contributed by atoms with Gasteiger partial charge in [-0.15, -0.1) is 0 Å². The summed E-state index contributed by atoms with van der Waals surface area (Å²) >= 11 is 0. The van der Waals surface area contributed by atoms with Crippen molar-refractivity contribution in [2.45, 2.75) is 50.0 Å². The lowest BCUT2D eigenvalue weighted by Crippen LogP contribution is -2.51. The Labute approximate surface area is 141 Å². The molecule has 1 aliphatic heterocycles. The van der Waals surface area contributed by atoms with Gasteiger partial charge in [0.1, 0.15) is 5.69 Å². The Balaban J connectivity index is 1.51. The van der Waals surface area contributed by atoms with Crippen molar-refractivity contribution in [1.29, 1.82) is 0 Å². The maximum Gasteiger partial charge on any atom is 0.151 e. The number of nitrogens with zero attached hydrogens (tertiary/aromatic N) is 3. The van der Waals surface area contributed by atoms with Crippen LogP contribution in [0.25, 0.3) is 11.3 Å². The number of likely N-dealkylation sites (tertiary alicyclic amines) is 1. The molecule has 3 heterocycles. The van der Waals surface area contributed by atoms with Crippen LogP contribution in [0.15, 0.2) is 35.1 Å². The standard InChI is InChI=1S/C18H23N3O3/c1-23-18-5-2-14(22)10-17(18)21(9-6-18)12-15-11-16(20-24-15)13-3-7-19-8-4-13/h3-4,7-8,11,14,17,22H,2,5-6,9-10,12H2,1H3/t14-,17-,18+/m1/s1. The molecule has 2 aromatic rings. The molecule has 128 valence electrons. The summed E-state index contributed by atoms with van der Waals surface area (Å²) in [6.07, 6.45) is 6.78. The number of aliphatic hydroxyl groups is 1. The zero-order valence-electron chi connectivity index (χ0n) is 13.9. The second kappa shape index (κ2) is 6.27. The first kappa shape index (κ1) is 15.7. The second-order valence-electron chi connectivity index (χ2n) is 6.85. The fraction of sp³-hybridized carbons (Fsp3) is 0.556. The number of ether oxygens (including phenoxy) is 1. The first-order chi connectivity index (χ1) is 11.7. The summed E-state index contributed by atoms with van der Waals surface area (Å²) in [5, 5.41) is 14.3. The van der Waals surface area contributed by atoms with Crippen molar-refractivity contribution in [1.82, 2.24) is 15.0 Å². The lowest BCUT2D eigenvalue weighted by Gasteiger charge is -2.42. The molecule has 1 saturated heterocycles. The van der Waals surface area contributed by atoms with Crippen LogP contribution in [-0.4, -0.2) is 51.5 Å². The van der Waals surface area contributed by atoms with Gasteiger partial charge in [0.2, 0.25) is 0 Å². The van der Waals surface area contributed by atoms with E-state index in [1.165, 1.54) is 0 Å². The van der Waals surface area contributed by atoms with Crippen molar-refractivity contribution in [2.75, 3.05) is 13.7 Å². The highest BCUT2D eigenvalue weighted by molar-refractivity contribution is 5.57. The molecule has 1 saturated carbocycles. The minimum Gasteiger partial charge on any atom is -0.393 e. The number of hydrogen-bond donors (Lipinski definition) is 1. The molecule has 2 aromatic heterocycles. The summed E-state index contributed by atoms with van der Waals surface area (Å²) < 4.78 is 11.4. The van der Waals surface area contributed by atoms with Crippen LogP contribution in [-0.2, 0) is 11.3 Å². The van der Waals surface area contributed by atoms with Crippen molar-refractivity contribution < 1.29 is 14.4 Å². The summed E-state index contributed by atoms with van der Waals surface area (Å²) in [5.74, 6) is 0.841. The van der Waals surface area contributed by atoms with E-state index in [1.807, 2.05) is 18.2 Å². The van der Waals surface area contributed by atoms with Crippen LogP contribution in [0.3, 0.4) is 0 Å². The molecule has 3 atom stereocenters. The Bertz CT molecular complexity index is 690. The normalized spacial score (nSPS) is 30.4. The summed E-state index contributed by atoms with van der Waals surface area (Å²) in [6.45, 7) is 1.65. The van der Waals surface area contributed by atoms with Gasteiger partial charge in [-0.05, 0) is 37.8 Å². The molecule has 6 nitrogen and oxygen atoms in total. The van der Waals surface area contributed by atoms with E-state index in [0.29, 0.717) is 6.54 Å². The van der Waals surface area contributed by atoms with Crippen LogP contribution in [0.5, 0.6) is 0 Å². The molecule has 2 aliphatic rings. The number of pyridine rings is 1. The summed E-state index contributed by atoms with van der Waals surface area (Å²) in [7, 11) is 1.80. The highest BCUT2D eigenvalue weighted by Gasteiger charge is 2.50. The van der Waals surface area contributed by atoms with Crippen molar-refractivity contribution >= 4 is 0 Å². The van der Waals surface area contributed by atoms with Gasteiger partial charge in [0.15, 0.2) is 5.76 Å². The van der Waals surface area contributed by atoms with E-state index in [9.17, 15) is 5.11 Å². The molecule has 0 aromatic carbocycles. The van der Waals surface area contributed by atoms with Crippen LogP contribution < -0.4 is 0 Å². The van der Waals surface area contributed by atoms with Crippen molar-refractivity contribution in [2.24, 2.45) is 0 Å². The van der Waals surface area contributed by atoms with E-state index >= 15 is 0 Å². The third-order valence-electron chi connectivity index (χ3n) is 5.57. The van der Waals surface area contributed by atoms with Crippen LogP contribution in [0.4, 0.5) is 0 Å². The molecule has 0 bridgehead atoms. The number of aliphatic hydroxyl groups excluding tert-OH is 1. The molecule has 0 radical (unpaired) electrons. The summed E-state index contributed by atoms with van der Waals surface area (Å²) in [6, 6.07) is 6.07. The van der Waals surface area contributed by atoms with Crippen LogP contribution in [0.1, 0.15) is 31.4 Å².